The van der Waals surface area contributed by atoms with Gasteiger partial charge in [-0.25, -0.2) is 4.79 Å². The highest BCUT2D eigenvalue weighted by atomic mass is 16.5. The zero-order chi connectivity index (χ0) is 23.9. The van der Waals surface area contributed by atoms with E-state index in [-0.39, 0.29) is 24.3 Å². The van der Waals surface area contributed by atoms with Crippen molar-refractivity contribution in [3.63, 3.8) is 0 Å². The predicted molar refractivity (Wildman–Crippen MR) is 123 cm³/mol. The molecule has 1 aliphatic carbocycles. The number of nitrogens with one attached hydrogen (secondary N) is 2. The lowest BCUT2D eigenvalue weighted by Gasteiger charge is -2.39. The number of aromatic nitrogens is 2. The molecule has 4 rings (SSSR count). The fraction of sp³-hybridized carbons (Fsp3) is 0.458. The average molecular weight is 456 g/mol. The van der Waals surface area contributed by atoms with Gasteiger partial charge in [0.05, 0.1) is 32.9 Å². The maximum Gasteiger partial charge on any atom is 0.330 e. The van der Waals surface area contributed by atoms with Gasteiger partial charge in [-0.1, -0.05) is 13.8 Å². The van der Waals surface area contributed by atoms with Crippen LogP contribution in [-0.2, 0) is 16.1 Å². The number of hydrogen-bond acceptors (Lipinski definition) is 7. The summed E-state index contributed by atoms with van der Waals surface area (Å²) in [6.07, 6.45) is 0.970. The molecule has 33 heavy (non-hydrogen) atoms. The number of hydrogen-bond donors (Lipinski definition) is 2. The molecule has 176 valence electrons. The van der Waals surface area contributed by atoms with Gasteiger partial charge in [0.1, 0.15) is 17.3 Å². The van der Waals surface area contributed by atoms with E-state index in [0.717, 1.165) is 5.70 Å². The van der Waals surface area contributed by atoms with Gasteiger partial charge in [0.25, 0.3) is 5.56 Å². The molecule has 1 atom stereocenters. The molecule has 2 heterocycles. The second-order valence-corrected chi connectivity index (χ2v) is 9.20. The highest BCUT2D eigenvalue weighted by Gasteiger charge is 2.43. The lowest BCUT2D eigenvalue weighted by atomic mass is 9.69. The third-order valence-corrected chi connectivity index (χ3v) is 6.23. The lowest BCUT2D eigenvalue weighted by molar-refractivity contribution is -0.118. The summed E-state index contributed by atoms with van der Waals surface area (Å²) in [7, 11) is 4.64. The van der Waals surface area contributed by atoms with Gasteiger partial charge in [-0.15, -0.1) is 0 Å². The van der Waals surface area contributed by atoms with Crippen molar-refractivity contribution in [1.82, 2.24) is 9.55 Å². The van der Waals surface area contributed by atoms with Crippen LogP contribution in [0.1, 0.15) is 43.7 Å². The number of H-pyrrole nitrogens is 1. The number of anilines is 1. The van der Waals surface area contributed by atoms with Crippen LogP contribution < -0.4 is 26.0 Å². The van der Waals surface area contributed by atoms with Crippen LogP contribution in [0, 0.1) is 5.41 Å². The van der Waals surface area contributed by atoms with E-state index in [1.54, 1.807) is 39.5 Å². The van der Waals surface area contributed by atoms with Crippen LogP contribution in [0.3, 0.4) is 0 Å². The van der Waals surface area contributed by atoms with E-state index in [1.165, 1.54) is 4.57 Å². The summed E-state index contributed by atoms with van der Waals surface area (Å²) < 4.78 is 17.5. The maximum atomic E-state index is 13.4. The largest absolute Gasteiger partial charge is 0.497 e. The minimum atomic E-state index is -0.679. The van der Waals surface area contributed by atoms with E-state index in [2.05, 4.69) is 10.3 Å². The number of rotatable bonds is 6. The molecule has 9 nitrogen and oxygen atoms in total. The van der Waals surface area contributed by atoms with Crippen LogP contribution in [0.25, 0.3) is 0 Å². The number of methoxy groups -OCH3 is 3. The SMILES string of the molecule is COCCn1c2c(c(=O)[nH]c1=O)C(c1cc(OC)cc(OC)c1)C1=C(CC(C)(C)CC1=O)N2. The smallest absolute Gasteiger partial charge is 0.330 e. The Labute approximate surface area is 191 Å². The topological polar surface area (TPSA) is 112 Å². The number of fused-ring (bicyclic) bond motifs is 1. The van der Waals surface area contributed by atoms with Crippen molar-refractivity contribution in [3.05, 3.63) is 61.4 Å². The Bertz CT molecular complexity index is 1230. The Morgan fingerprint density at radius 1 is 1.03 bits per heavy atom. The normalized spacial score (nSPS) is 18.9. The zero-order valence-electron chi connectivity index (χ0n) is 19.5. The summed E-state index contributed by atoms with van der Waals surface area (Å²) in [6, 6.07) is 5.32. The van der Waals surface area contributed by atoms with E-state index in [1.807, 2.05) is 13.8 Å². The van der Waals surface area contributed by atoms with Crippen molar-refractivity contribution in [2.45, 2.75) is 39.2 Å². The summed E-state index contributed by atoms with van der Waals surface area (Å²) >= 11 is 0. The first kappa shape index (κ1) is 22.8. The number of nitrogens with zero attached hydrogens (tertiary/aromatic N) is 1. The first-order chi connectivity index (χ1) is 15.7. The van der Waals surface area contributed by atoms with Gasteiger partial charge in [0.15, 0.2) is 5.78 Å². The monoisotopic (exact) mass is 455 g/mol. The molecule has 1 aromatic heterocycles. The van der Waals surface area contributed by atoms with E-state index in [0.29, 0.717) is 46.9 Å². The Morgan fingerprint density at radius 2 is 1.70 bits per heavy atom. The summed E-state index contributed by atoms with van der Waals surface area (Å²) in [4.78, 5) is 41.7. The number of Topliss-reactive ketones (excluding diaryl/α,β-unsaturated/α-hetero) is 1. The van der Waals surface area contributed by atoms with E-state index >= 15 is 0 Å². The Balaban J connectivity index is 2.04. The molecule has 9 heteroatoms. The van der Waals surface area contributed by atoms with Crippen LogP contribution in [0.5, 0.6) is 11.5 Å². The molecular weight excluding hydrogens is 426 g/mol. The minimum Gasteiger partial charge on any atom is -0.497 e. The Hall–Kier alpha value is -3.33. The number of allylic oxidation sites excluding steroid dienone is 2. The van der Waals surface area contributed by atoms with Gasteiger partial charge in [-0.3, -0.25) is 19.1 Å². The fourth-order valence-electron chi connectivity index (χ4n) is 4.78. The average Bonchev–Trinajstić information content (AvgIpc) is 2.76. The van der Waals surface area contributed by atoms with Gasteiger partial charge in [0.2, 0.25) is 0 Å². The molecular formula is C24H29N3O6. The molecule has 0 bridgehead atoms. The predicted octanol–water partition coefficient (Wildman–Crippen LogP) is 2.40. The molecule has 0 amide bonds. The van der Waals surface area contributed by atoms with Gasteiger partial charge < -0.3 is 19.5 Å². The van der Waals surface area contributed by atoms with Crippen LogP contribution in [0.4, 0.5) is 5.82 Å². The van der Waals surface area contributed by atoms with E-state index in [9.17, 15) is 14.4 Å². The summed E-state index contributed by atoms with van der Waals surface area (Å²) in [5.74, 6) is 0.762. The van der Waals surface area contributed by atoms with E-state index < -0.39 is 17.2 Å². The molecule has 0 fully saturated rings. The van der Waals surface area contributed by atoms with Crippen molar-refractivity contribution < 1.29 is 19.0 Å². The number of carbonyl (C=O) groups excluding carboxylic acids is 1. The minimum absolute atomic E-state index is 0.0276. The van der Waals surface area contributed by atoms with Crippen LogP contribution >= 0.6 is 0 Å². The third-order valence-electron chi connectivity index (χ3n) is 6.23. The molecule has 2 aliphatic rings. The Morgan fingerprint density at radius 3 is 2.30 bits per heavy atom. The van der Waals surface area contributed by atoms with Gasteiger partial charge in [-0.2, -0.15) is 0 Å². The standard InChI is InChI=1S/C24H29N3O6/c1-24(2)11-16-19(17(28)12-24)18(13-8-14(32-4)10-15(9-13)33-5)20-21(25-16)27(6-7-31-3)23(30)26-22(20)29/h8-10,18,25H,6-7,11-12H2,1-5H3,(H,26,29,30). The van der Waals surface area contributed by atoms with Crippen molar-refractivity contribution in [2.75, 3.05) is 33.3 Å². The first-order valence-corrected chi connectivity index (χ1v) is 10.8. The molecule has 1 unspecified atom stereocenters. The molecule has 1 aliphatic heterocycles. The first-order valence-electron chi connectivity index (χ1n) is 10.8. The molecule has 2 aromatic rings. The van der Waals surface area contributed by atoms with Crippen LogP contribution in [0.15, 0.2) is 39.1 Å². The zero-order valence-corrected chi connectivity index (χ0v) is 19.5. The summed E-state index contributed by atoms with van der Waals surface area (Å²) in [5, 5.41) is 3.28. The van der Waals surface area contributed by atoms with Crippen molar-refractivity contribution >= 4 is 11.6 Å². The molecule has 0 saturated carbocycles. The highest BCUT2D eigenvalue weighted by Crippen LogP contribution is 2.48. The van der Waals surface area contributed by atoms with Gasteiger partial charge >= 0.3 is 5.69 Å². The number of ketones is 1. The molecule has 0 radical (unpaired) electrons. The summed E-state index contributed by atoms with van der Waals surface area (Å²) in [5.41, 5.74) is 0.939. The quantitative estimate of drug-likeness (QED) is 0.688. The van der Waals surface area contributed by atoms with Crippen LogP contribution in [-0.4, -0.2) is 43.3 Å². The van der Waals surface area contributed by atoms with E-state index in [4.69, 9.17) is 14.2 Å². The molecule has 1 aromatic carbocycles. The number of carbonyl (C=O) groups is 1. The second-order valence-electron chi connectivity index (χ2n) is 9.20. The van der Waals surface area contributed by atoms with Crippen LogP contribution in [0.2, 0.25) is 0 Å². The van der Waals surface area contributed by atoms with Crippen molar-refractivity contribution in [3.8, 4) is 11.5 Å². The molecule has 2 N–H and O–H groups in total. The number of ether oxygens (including phenoxy) is 3. The Kier molecular flexibility index (Phi) is 5.92. The van der Waals surface area contributed by atoms with Crippen molar-refractivity contribution in [1.29, 1.82) is 0 Å². The maximum absolute atomic E-state index is 13.4. The fourth-order valence-corrected chi connectivity index (χ4v) is 4.78. The number of aromatic amines is 1. The summed E-state index contributed by atoms with van der Waals surface area (Å²) in [6.45, 7) is 4.60. The molecule has 0 saturated heterocycles. The van der Waals surface area contributed by atoms with Gasteiger partial charge in [-0.05, 0) is 29.5 Å². The van der Waals surface area contributed by atoms with Gasteiger partial charge in [0, 0.05) is 36.8 Å². The third kappa shape index (κ3) is 4.08. The second kappa shape index (κ2) is 8.55. The highest BCUT2D eigenvalue weighted by molar-refractivity contribution is 6.01. The lowest BCUT2D eigenvalue weighted by Crippen LogP contribution is -2.42. The molecule has 0 spiro atoms. The van der Waals surface area contributed by atoms with Crippen molar-refractivity contribution in [2.24, 2.45) is 5.41 Å². The number of benzene rings is 1.